The van der Waals surface area contributed by atoms with E-state index in [9.17, 15) is 0 Å². The molecule has 0 unspecified atom stereocenters. The van der Waals surface area contributed by atoms with Gasteiger partial charge in [-0.3, -0.25) is 0 Å². The van der Waals surface area contributed by atoms with Crippen LogP contribution in [0.15, 0.2) is 29.3 Å². The molecule has 0 aliphatic carbocycles. The number of nitrogens with zero attached hydrogens (tertiary/aromatic N) is 2. The molecule has 1 rings (SSSR count). The van der Waals surface area contributed by atoms with Gasteiger partial charge in [0.15, 0.2) is 5.96 Å². The van der Waals surface area contributed by atoms with Crippen LogP contribution in [-0.2, 0) is 0 Å². The van der Waals surface area contributed by atoms with Gasteiger partial charge in [0, 0.05) is 13.1 Å². The highest BCUT2D eigenvalue weighted by Crippen LogP contribution is 2.19. The molecule has 2 N–H and O–H groups in total. The van der Waals surface area contributed by atoms with Crippen LogP contribution < -0.4 is 5.73 Å². The van der Waals surface area contributed by atoms with Crippen molar-refractivity contribution in [2.24, 2.45) is 10.7 Å². The van der Waals surface area contributed by atoms with Crippen molar-refractivity contribution in [3.8, 4) is 0 Å². The Labute approximate surface area is 104 Å². The van der Waals surface area contributed by atoms with Gasteiger partial charge in [0.25, 0.3) is 0 Å². The molecule has 0 amide bonds. The van der Waals surface area contributed by atoms with E-state index < -0.39 is 0 Å². The highest BCUT2D eigenvalue weighted by Gasteiger charge is 2.03. The first-order valence-electron chi connectivity index (χ1n) is 6.27. The van der Waals surface area contributed by atoms with Gasteiger partial charge in [-0.1, -0.05) is 26.0 Å². The van der Waals surface area contributed by atoms with Crippen LogP contribution >= 0.6 is 0 Å². The van der Waals surface area contributed by atoms with Crippen LogP contribution in [0.2, 0.25) is 0 Å². The second kappa shape index (κ2) is 6.28. The van der Waals surface area contributed by atoms with Crippen LogP contribution in [0, 0.1) is 0 Å². The molecule has 3 nitrogen and oxygen atoms in total. The molecule has 3 heteroatoms. The molecule has 0 atom stereocenters. The van der Waals surface area contributed by atoms with E-state index in [2.05, 4.69) is 44.8 Å². The van der Waals surface area contributed by atoms with Crippen molar-refractivity contribution in [2.45, 2.75) is 33.6 Å². The minimum Gasteiger partial charge on any atom is -0.369 e. The average Bonchev–Trinajstić information content (AvgIpc) is 2.31. The fourth-order valence-electron chi connectivity index (χ4n) is 1.68. The van der Waals surface area contributed by atoms with Gasteiger partial charge in [0.1, 0.15) is 0 Å². The lowest BCUT2D eigenvalue weighted by Crippen LogP contribution is -2.36. The standard InChI is InChI=1S/C14H23N3/c1-5-17(6-2)14(15)16-13-9-7-12(8-10-13)11(3)4/h7-11H,5-6H2,1-4H3,(H2,15,16). The summed E-state index contributed by atoms with van der Waals surface area (Å²) in [6.45, 7) is 10.3. The SMILES string of the molecule is CCN(CC)C(N)=Nc1ccc(C(C)C)cc1. The van der Waals surface area contributed by atoms with E-state index in [-0.39, 0.29) is 0 Å². The Morgan fingerprint density at radius 1 is 1.18 bits per heavy atom. The van der Waals surface area contributed by atoms with E-state index in [4.69, 9.17) is 5.73 Å². The first-order chi connectivity index (χ1) is 8.08. The Balaban J connectivity index is 2.83. The lowest BCUT2D eigenvalue weighted by molar-refractivity contribution is 0.460. The molecule has 0 aromatic heterocycles. The maximum atomic E-state index is 5.94. The minimum atomic E-state index is 0.549. The van der Waals surface area contributed by atoms with Crippen LogP contribution in [0.3, 0.4) is 0 Å². The van der Waals surface area contributed by atoms with Crippen molar-refractivity contribution >= 4 is 11.6 Å². The predicted octanol–water partition coefficient (Wildman–Crippen LogP) is 3.10. The second-order valence-corrected chi connectivity index (χ2v) is 4.39. The first kappa shape index (κ1) is 13.6. The third-order valence-electron chi connectivity index (χ3n) is 2.89. The van der Waals surface area contributed by atoms with Crippen LogP contribution in [-0.4, -0.2) is 23.9 Å². The van der Waals surface area contributed by atoms with Crippen LogP contribution in [0.25, 0.3) is 0 Å². The zero-order valence-electron chi connectivity index (χ0n) is 11.3. The Kier molecular flexibility index (Phi) is 5.01. The summed E-state index contributed by atoms with van der Waals surface area (Å²) in [5.41, 5.74) is 8.18. The van der Waals surface area contributed by atoms with Crippen LogP contribution in [0.4, 0.5) is 5.69 Å². The van der Waals surface area contributed by atoms with Gasteiger partial charge in [-0.05, 0) is 37.5 Å². The van der Waals surface area contributed by atoms with Gasteiger partial charge in [-0.25, -0.2) is 4.99 Å². The van der Waals surface area contributed by atoms with Gasteiger partial charge in [0.05, 0.1) is 5.69 Å². The van der Waals surface area contributed by atoms with Gasteiger partial charge in [-0.2, -0.15) is 0 Å². The van der Waals surface area contributed by atoms with E-state index in [0.717, 1.165) is 18.8 Å². The van der Waals surface area contributed by atoms with E-state index >= 15 is 0 Å². The van der Waals surface area contributed by atoms with E-state index in [1.165, 1.54) is 5.56 Å². The molecule has 0 saturated heterocycles. The van der Waals surface area contributed by atoms with Crippen molar-refractivity contribution in [1.29, 1.82) is 0 Å². The Morgan fingerprint density at radius 3 is 2.12 bits per heavy atom. The van der Waals surface area contributed by atoms with Crippen LogP contribution in [0.1, 0.15) is 39.2 Å². The van der Waals surface area contributed by atoms with Crippen molar-refractivity contribution in [3.05, 3.63) is 29.8 Å². The summed E-state index contributed by atoms with van der Waals surface area (Å²) in [4.78, 5) is 6.46. The van der Waals surface area contributed by atoms with E-state index in [1.54, 1.807) is 0 Å². The molecule has 1 aromatic rings. The smallest absolute Gasteiger partial charge is 0.196 e. The molecule has 1 aromatic carbocycles. The predicted molar refractivity (Wildman–Crippen MR) is 74.7 cm³/mol. The first-order valence-corrected chi connectivity index (χ1v) is 6.27. The third-order valence-corrected chi connectivity index (χ3v) is 2.89. The Bertz CT molecular complexity index is 362. The van der Waals surface area contributed by atoms with Crippen LogP contribution in [0.5, 0.6) is 0 Å². The Morgan fingerprint density at radius 2 is 1.71 bits per heavy atom. The monoisotopic (exact) mass is 233 g/mol. The number of hydrogen-bond acceptors (Lipinski definition) is 1. The maximum Gasteiger partial charge on any atom is 0.196 e. The summed E-state index contributed by atoms with van der Waals surface area (Å²) in [6, 6.07) is 8.26. The summed E-state index contributed by atoms with van der Waals surface area (Å²) < 4.78 is 0. The number of rotatable bonds is 4. The summed E-state index contributed by atoms with van der Waals surface area (Å²) in [7, 11) is 0. The zero-order valence-corrected chi connectivity index (χ0v) is 11.3. The van der Waals surface area contributed by atoms with Gasteiger partial charge < -0.3 is 10.6 Å². The fraction of sp³-hybridized carbons (Fsp3) is 0.500. The van der Waals surface area contributed by atoms with Crippen molar-refractivity contribution < 1.29 is 0 Å². The number of guanidine groups is 1. The topological polar surface area (TPSA) is 41.6 Å². The molecule has 0 saturated carbocycles. The van der Waals surface area contributed by atoms with Crippen molar-refractivity contribution in [3.63, 3.8) is 0 Å². The molecule has 0 fully saturated rings. The number of benzene rings is 1. The summed E-state index contributed by atoms with van der Waals surface area (Å²) in [5, 5.41) is 0. The highest BCUT2D eigenvalue weighted by atomic mass is 15.2. The van der Waals surface area contributed by atoms with Crippen molar-refractivity contribution in [1.82, 2.24) is 4.90 Å². The minimum absolute atomic E-state index is 0.549. The van der Waals surface area contributed by atoms with Gasteiger partial charge in [-0.15, -0.1) is 0 Å². The molecule has 0 radical (unpaired) electrons. The molecule has 0 aliphatic rings. The molecule has 0 heterocycles. The molecule has 17 heavy (non-hydrogen) atoms. The second-order valence-electron chi connectivity index (χ2n) is 4.39. The van der Waals surface area contributed by atoms with Gasteiger partial charge >= 0.3 is 0 Å². The molecular weight excluding hydrogens is 210 g/mol. The fourth-order valence-corrected chi connectivity index (χ4v) is 1.68. The summed E-state index contributed by atoms with van der Waals surface area (Å²) >= 11 is 0. The quantitative estimate of drug-likeness (QED) is 0.641. The molecular formula is C14H23N3. The third kappa shape index (κ3) is 3.77. The lowest BCUT2D eigenvalue weighted by atomic mass is 10.0. The summed E-state index contributed by atoms with van der Waals surface area (Å²) in [5.74, 6) is 1.14. The molecule has 0 bridgehead atoms. The average molecular weight is 233 g/mol. The van der Waals surface area contributed by atoms with E-state index in [1.807, 2.05) is 17.0 Å². The highest BCUT2D eigenvalue weighted by molar-refractivity contribution is 5.81. The van der Waals surface area contributed by atoms with E-state index in [0.29, 0.717) is 11.9 Å². The summed E-state index contributed by atoms with van der Waals surface area (Å²) in [6.07, 6.45) is 0. The number of aliphatic imine (C=N–C) groups is 1. The zero-order chi connectivity index (χ0) is 12.8. The maximum absolute atomic E-state index is 5.94. The number of hydrogen-bond donors (Lipinski definition) is 1. The largest absolute Gasteiger partial charge is 0.369 e. The molecule has 94 valence electrons. The van der Waals surface area contributed by atoms with Gasteiger partial charge in [0.2, 0.25) is 0 Å². The molecule has 0 spiro atoms. The molecule has 0 aliphatic heterocycles. The Hall–Kier alpha value is -1.51. The lowest BCUT2D eigenvalue weighted by Gasteiger charge is -2.19. The van der Waals surface area contributed by atoms with Crippen molar-refractivity contribution in [2.75, 3.05) is 13.1 Å². The normalized spacial score (nSPS) is 11.9. The number of nitrogens with two attached hydrogens (primary N) is 1.